The molecule has 2 unspecified atom stereocenters. The molecule has 10 heteroatoms. The summed E-state index contributed by atoms with van der Waals surface area (Å²) in [6, 6.07) is 2.64. The van der Waals surface area contributed by atoms with Crippen LogP contribution in [0.1, 0.15) is 19.8 Å². The van der Waals surface area contributed by atoms with Gasteiger partial charge in [0.25, 0.3) is 5.91 Å². The van der Waals surface area contributed by atoms with Crippen molar-refractivity contribution in [1.29, 1.82) is 0 Å². The molecule has 8 nitrogen and oxygen atoms in total. The summed E-state index contributed by atoms with van der Waals surface area (Å²) in [6.07, 6.45) is 1.74. The molecule has 0 radical (unpaired) electrons. The zero-order valence-electron chi connectivity index (χ0n) is 14.7. The number of piperidine rings is 1. The van der Waals surface area contributed by atoms with Crippen LogP contribution >= 0.6 is 12.4 Å². The third kappa shape index (κ3) is 3.62. The van der Waals surface area contributed by atoms with Gasteiger partial charge in [0, 0.05) is 31.3 Å². The molecule has 3 N–H and O–H groups in total. The summed E-state index contributed by atoms with van der Waals surface area (Å²) < 4.78 is 38.7. The minimum Gasteiger partial charge on any atom is -0.495 e. The molecule has 26 heavy (non-hydrogen) atoms. The van der Waals surface area contributed by atoms with E-state index in [1.165, 1.54) is 23.5 Å². The predicted molar refractivity (Wildman–Crippen MR) is 99.5 cm³/mol. The van der Waals surface area contributed by atoms with E-state index < -0.39 is 10.0 Å². The summed E-state index contributed by atoms with van der Waals surface area (Å²) in [5.74, 6) is 0.373. The fourth-order valence-corrected chi connectivity index (χ4v) is 5.36. The lowest BCUT2D eigenvalue weighted by Crippen LogP contribution is -2.51. The number of nitrogens with two attached hydrogens (primary N) is 1. The number of benzene rings is 1. The van der Waals surface area contributed by atoms with Crippen LogP contribution in [-0.4, -0.2) is 51.5 Å². The zero-order valence-corrected chi connectivity index (χ0v) is 16.4. The van der Waals surface area contributed by atoms with Gasteiger partial charge in [-0.15, -0.1) is 12.4 Å². The van der Waals surface area contributed by atoms with E-state index in [-0.39, 0.29) is 54.1 Å². The lowest BCUT2D eigenvalue weighted by Gasteiger charge is -2.38. The van der Waals surface area contributed by atoms with Crippen molar-refractivity contribution < 1.29 is 22.7 Å². The third-order valence-corrected chi connectivity index (χ3v) is 6.74. The summed E-state index contributed by atoms with van der Waals surface area (Å²) in [7, 11) is -2.42. The Morgan fingerprint density at radius 3 is 2.81 bits per heavy atom. The Balaban J connectivity index is 0.00000243. The summed E-state index contributed by atoms with van der Waals surface area (Å²) in [5.41, 5.74) is 6.24. The molecule has 1 amide bonds. The van der Waals surface area contributed by atoms with Crippen LogP contribution in [0.2, 0.25) is 0 Å². The number of fused-ring (bicyclic) bond motifs is 1. The molecular formula is C16H24ClN3O5S. The lowest BCUT2D eigenvalue weighted by molar-refractivity contribution is -0.118. The molecule has 0 saturated carbocycles. The van der Waals surface area contributed by atoms with Gasteiger partial charge in [0.05, 0.1) is 12.8 Å². The van der Waals surface area contributed by atoms with Crippen LogP contribution in [0.3, 0.4) is 0 Å². The second-order valence-electron chi connectivity index (χ2n) is 6.37. The summed E-state index contributed by atoms with van der Waals surface area (Å²) in [5, 5.41) is 2.65. The number of amides is 1. The van der Waals surface area contributed by atoms with E-state index in [0.29, 0.717) is 18.0 Å². The van der Waals surface area contributed by atoms with Gasteiger partial charge in [-0.3, -0.25) is 4.79 Å². The van der Waals surface area contributed by atoms with Gasteiger partial charge in [-0.05, 0) is 18.8 Å². The standard InChI is InChI=1S/C16H23N3O5S.ClH/c1-10-4-3-5-19(12(10)8-17)25(21,22)15-7-13-11(6-14(15)23-2)18-16(20)9-24-13;/h6-7,10,12H,3-5,8-9,17H2,1-2H3,(H,18,20);1H. The normalized spacial score (nSPS) is 23.3. The van der Waals surface area contributed by atoms with E-state index in [1.807, 2.05) is 6.92 Å². The van der Waals surface area contributed by atoms with Gasteiger partial charge in [-0.2, -0.15) is 4.31 Å². The fraction of sp³-hybridized carbons (Fsp3) is 0.562. The molecule has 0 aliphatic carbocycles. The maximum atomic E-state index is 13.3. The highest BCUT2D eigenvalue weighted by molar-refractivity contribution is 7.89. The number of rotatable bonds is 4. The van der Waals surface area contributed by atoms with Crippen molar-refractivity contribution in [2.24, 2.45) is 11.7 Å². The van der Waals surface area contributed by atoms with Crippen molar-refractivity contribution in [3.05, 3.63) is 12.1 Å². The minimum atomic E-state index is -3.81. The van der Waals surface area contributed by atoms with Crippen LogP contribution in [0, 0.1) is 5.92 Å². The van der Waals surface area contributed by atoms with E-state index >= 15 is 0 Å². The second kappa shape index (κ2) is 7.99. The number of ether oxygens (including phenoxy) is 2. The van der Waals surface area contributed by atoms with Gasteiger partial charge >= 0.3 is 0 Å². The first-order valence-corrected chi connectivity index (χ1v) is 9.69. The Morgan fingerprint density at radius 1 is 1.42 bits per heavy atom. The summed E-state index contributed by atoms with van der Waals surface area (Å²) >= 11 is 0. The number of hydrogen-bond donors (Lipinski definition) is 2. The zero-order chi connectivity index (χ0) is 18.2. The highest BCUT2D eigenvalue weighted by Gasteiger charge is 2.38. The van der Waals surface area contributed by atoms with Crippen LogP contribution in [-0.2, 0) is 14.8 Å². The van der Waals surface area contributed by atoms with E-state index in [0.717, 1.165) is 12.8 Å². The number of halogens is 1. The molecule has 0 bridgehead atoms. The van der Waals surface area contributed by atoms with Crippen molar-refractivity contribution in [3.8, 4) is 11.5 Å². The number of carbonyl (C=O) groups excluding carboxylic acids is 1. The van der Waals surface area contributed by atoms with Crippen LogP contribution in [0.15, 0.2) is 17.0 Å². The summed E-state index contributed by atoms with van der Waals surface area (Å²) in [6.45, 7) is 2.56. The van der Waals surface area contributed by atoms with Crippen LogP contribution < -0.4 is 20.5 Å². The molecule has 146 valence electrons. The van der Waals surface area contributed by atoms with Crippen molar-refractivity contribution in [2.45, 2.75) is 30.7 Å². The number of sulfonamides is 1. The van der Waals surface area contributed by atoms with Gasteiger partial charge in [0.15, 0.2) is 6.61 Å². The Bertz CT molecular complexity index is 786. The highest BCUT2D eigenvalue weighted by Crippen LogP contribution is 2.39. The van der Waals surface area contributed by atoms with E-state index in [4.69, 9.17) is 15.2 Å². The fourth-order valence-electron chi connectivity index (χ4n) is 3.43. The molecule has 2 aliphatic rings. The maximum Gasteiger partial charge on any atom is 0.262 e. The summed E-state index contributed by atoms with van der Waals surface area (Å²) in [4.78, 5) is 11.5. The largest absolute Gasteiger partial charge is 0.495 e. The molecule has 2 atom stereocenters. The average molecular weight is 406 g/mol. The Hall–Kier alpha value is -1.55. The lowest BCUT2D eigenvalue weighted by atomic mass is 9.93. The first-order valence-electron chi connectivity index (χ1n) is 8.25. The quantitative estimate of drug-likeness (QED) is 0.778. The number of carbonyl (C=O) groups is 1. The number of nitrogens with zero attached hydrogens (tertiary/aromatic N) is 1. The average Bonchev–Trinajstić information content (AvgIpc) is 2.60. The number of methoxy groups -OCH3 is 1. The molecule has 1 saturated heterocycles. The van der Waals surface area contributed by atoms with Gasteiger partial charge in [-0.1, -0.05) is 6.92 Å². The third-order valence-electron chi connectivity index (χ3n) is 4.79. The minimum absolute atomic E-state index is 0. The van der Waals surface area contributed by atoms with Crippen LogP contribution in [0.4, 0.5) is 5.69 Å². The number of nitrogens with one attached hydrogen (secondary N) is 1. The molecule has 2 aliphatic heterocycles. The monoisotopic (exact) mass is 405 g/mol. The van der Waals surface area contributed by atoms with Crippen molar-refractivity contribution >= 4 is 34.0 Å². The number of hydrogen-bond acceptors (Lipinski definition) is 6. The Kier molecular flexibility index (Phi) is 6.38. The first-order chi connectivity index (χ1) is 11.9. The van der Waals surface area contributed by atoms with Gasteiger partial charge in [-0.25, -0.2) is 8.42 Å². The van der Waals surface area contributed by atoms with Crippen LogP contribution in [0.25, 0.3) is 0 Å². The second-order valence-corrected chi connectivity index (χ2v) is 8.23. The topological polar surface area (TPSA) is 111 Å². The van der Waals surface area contributed by atoms with E-state index in [9.17, 15) is 13.2 Å². The highest BCUT2D eigenvalue weighted by atomic mass is 35.5. The van der Waals surface area contributed by atoms with Gasteiger partial charge in [0.1, 0.15) is 16.4 Å². The van der Waals surface area contributed by atoms with Crippen molar-refractivity contribution in [3.63, 3.8) is 0 Å². The van der Waals surface area contributed by atoms with Crippen molar-refractivity contribution in [2.75, 3.05) is 32.1 Å². The van der Waals surface area contributed by atoms with E-state index in [1.54, 1.807) is 0 Å². The molecule has 0 aromatic heterocycles. The smallest absolute Gasteiger partial charge is 0.262 e. The van der Waals surface area contributed by atoms with E-state index in [2.05, 4.69) is 5.32 Å². The molecule has 0 spiro atoms. The Labute approximate surface area is 159 Å². The molecule has 1 aromatic carbocycles. The van der Waals surface area contributed by atoms with Crippen molar-refractivity contribution in [1.82, 2.24) is 4.31 Å². The van der Waals surface area contributed by atoms with Gasteiger partial charge in [0.2, 0.25) is 10.0 Å². The van der Waals surface area contributed by atoms with Gasteiger partial charge < -0.3 is 20.5 Å². The van der Waals surface area contributed by atoms with Crippen LogP contribution in [0.5, 0.6) is 11.5 Å². The molecule has 1 fully saturated rings. The molecule has 1 aromatic rings. The SMILES string of the molecule is COc1cc2c(cc1S(=O)(=O)N1CCCC(C)C1CN)OCC(=O)N2.Cl. The molecule has 2 heterocycles. The Morgan fingerprint density at radius 2 is 2.15 bits per heavy atom. The maximum absolute atomic E-state index is 13.3. The molecular weight excluding hydrogens is 382 g/mol. The first kappa shape index (κ1) is 20.8. The molecule has 3 rings (SSSR count). The predicted octanol–water partition coefficient (Wildman–Crippen LogP) is 1.20. The number of anilines is 1.